The highest BCUT2D eigenvalue weighted by atomic mass is 16.5. The Morgan fingerprint density at radius 3 is 2.28 bits per heavy atom. The molecule has 100 valence electrons. The number of carboxylic acid groups (broad SMARTS) is 1. The van der Waals surface area contributed by atoms with Crippen LogP contribution in [0, 0.1) is 0 Å². The van der Waals surface area contributed by atoms with Crippen LogP contribution in [0.5, 0.6) is 17.2 Å². The first kappa shape index (κ1) is 14.1. The Kier molecular flexibility index (Phi) is 4.79. The van der Waals surface area contributed by atoms with Crippen molar-refractivity contribution in [3.05, 3.63) is 17.7 Å². The van der Waals surface area contributed by atoms with Gasteiger partial charge in [0.25, 0.3) is 0 Å². The summed E-state index contributed by atoms with van der Waals surface area (Å²) in [7, 11) is 4.48. The molecular weight excluding hydrogens is 238 g/mol. The fraction of sp³-hybridized carbons (Fsp3) is 0.417. The van der Waals surface area contributed by atoms with Gasteiger partial charge in [0.1, 0.15) is 6.04 Å². The highest BCUT2D eigenvalue weighted by molar-refractivity contribution is 5.74. The van der Waals surface area contributed by atoms with E-state index in [0.29, 0.717) is 22.8 Å². The van der Waals surface area contributed by atoms with Gasteiger partial charge in [-0.05, 0) is 6.07 Å². The number of carboxylic acids is 1. The topological polar surface area (TPSA) is 91.0 Å². The molecule has 0 aliphatic rings. The summed E-state index contributed by atoms with van der Waals surface area (Å²) >= 11 is 0. The van der Waals surface area contributed by atoms with Gasteiger partial charge in [0.05, 0.1) is 21.3 Å². The van der Waals surface area contributed by atoms with Crippen LogP contribution in [0.3, 0.4) is 0 Å². The average Bonchev–Trinajstić information content (AvgIpc) is 2.37. The standard InChI is InChI=1S/C12H17NO5/c1-16-9-5-4-7(6-8(13)12(14)15)10(17-2)11(9)18-3/h4-5,8H,6,13H2,1-3H3,(H,14,15). The van der Waals surface area contributed by atoms with E-state index in [4.69, 9.17) is 25.1 Å². The summed E-state index contributed by atoms with van der Waals surface area (Å²) in [5.74, 6) is 0.317. The third-order valence-electron chi connectivity index (χ3n) is 2.54. The van der Waals surface area contributed by atoms with E-state index in [9.17, 15) is 4.79 Å². The second kappa shape index (κ2) is 6.11. The molecule has 0 radical (unpaired) electrons. The highest BCUT2D eigenvalue weighted by Gasteiger charge is 2.20. The highest BCUT2D eigenvalue weighted by Crippen LogP contribution is 2.40. The Bertz CT molecular complexity index is 433. The van der Waals surface area contributed by atoms with Gasteiger partial charge in [-0.1, -0.05) is 6.07 Å². The summed E-state index contributed by atoms with van der Waals surface area (Å²) in [6.45, 7) is 0. The lowest BCUT2D eigenvalue weighted by atomic mass is 10.0. The summed E-state index contributed by atoms with van der Waals surface area (Å²) in [4.78, 5) is 10.8. The van der Waals surface area contributed by atoms with E-state index in [1.165, 1.54) is 21.3 Å². The van der Waals surface area contributed by atoms with Gasteiger partial charge in [0.15, 0.2) is 11.5 Å². The number of rotatable bonds is 6. The molecule has 0 aromatic heterocycles. The maximum atomic E-state index is 10.8. The molecule has 1 aromatic carbocycles. The summed E-state index contributed by atoms with van der Waals surface area (Å²) in [6.07, 6.45) is 0.152. The fourth-order valence-electron chi connectivity index (χ4n) is 1.65. The first-order chi connectivity index (χ1) is 8.54. The van der Waals surface area contributed by atoms with Gasteiger partial charge in [-0.15, -0.1) is 0 Å². The number of hydrogen-bond acceptors (Lipinski definition) is 5. The van der Waals surface area contributed by atoms with Crippen molar-refractivity contribution in [1.82, 2.24) is 0 Å². The predicted octanol–water partition coefficient (Wildman–Crippen LogP) is 0.667. The van der Waals surface area contributed by atoms with E-state index < -0.39 is 12.0 Å². The first-order valence-corrected chi connectivity index (χ1v) is 5.31. The minimum atomic E-state index is -1.06. The van der Waals surface area contributed by atoms with Crippen molar-refractivity contribution in [2.24, 2.45) is 5.73 Å². The van der Waals surface area contributed by atoms with Crippen LogP contribution in [0.4, 0.5) is 0 Å². The minimum absolute atomic E-state index is 0.152. The molecular formula is C12H17NO5. The van der Waals surface area contributed by atoms with Crippen LogP contribution < -0.4 is 19.9 Å². The number of nitrogens with two attached hydrogens (primary N) is 1. The molecule has 0 heterocycles. The Balaban J connectivity index is 3.16. The third-order valence-corrected chi connectivity index (χ3v) is 2.54. The number of aliphatic carboxylic acids is 1. The molecule has 0 saturated carbocycles. The molecule has 0 saturated heterocycles. The Hall–Kier alpha value is -1.95. The van der Waals surface area contributed by atoms with Crippen LogP contribution >= 0.6 is 0 Å². The molecule has 1 atom stereocenters. The summed E-state index contributed by atoms with van der Waals surface area (Å²) in [6, 6.07) is 2.41. The zero-order chi connectivity index (χ0) is 13.7. The molecule has 3 N–H and O–H groups in total. The number of ether oxygens (including phenoxy) is 3. The van der Waals surface area contributed by atoms with E-state index in [1.54, 1.807) is 12.1 Å². The van der Waals surface area contributed by atoms with Crippen molar-refractivity contribution < 1.29 is 24.1 Å². The van der Waals surface area contributed by atoms with Gasteiger partial charge in [-0.2, -0.15) is 0 Å². The van der Waals surface area contributed by atoms with Crippen LogP contribution in [0.25, 0.3) is 0 Å². The number of methoxy groups -OCH3 is 3. The Labute approximate surface area is 105 Å². The minimum Gasteiger partial charge on any atom is -0.493 e. The molecule has 1 rings (SSSR count). The van der Waals surface area contributed by atoms with Crippen molar-refractivity contribution in [2.75, 3.05) is 21.3 Å². The third kappa shape index (κ3) is 2.84. The average molecular weight is 255 g/mol. The quantitative estimate of drug-likeness (QED) is 0.776. The Morgan fingerprint density at radius 2 is 1.83 bits per heavy atom. The largest absolute Gasteiger partial charge is 0.493 e. The van der Waals surface area contributed by atoms with E-state index in [1.807, 2.05) is 0 Å². The van der Waals surface area contributed by atoms with Gasteiger partial charge in [-0.3, -0.25) is 4.79 Å². The van der Waals surface area contributed by atoms with Crippen LogP contribution in [0.2, 0.25) is 0 Å². The normalized spacial score (nSPS) is 11.8. The molecule has 18 heavy (non-hydrogen) atoms. The van der Waals surface area contributed by atoms with Crippen LogP contribution in [-0.4, -0.2) is 38.4 Å². The SMILES string of the molecule is COc1ccc(CC(N)C(=O)O)c(OC)c1OC. The molecule has 0 amide bonds. The van der Waals surface area contributed by atoms with E-state index >= 15 is 0 Å². The molecule has 0 fully saturated rings. The first-order valence-electron chi connectivity index (χ1n) is 5.31. The van der Waals surface area contributed by atoms with Crippen molar-refractivity contribution in [3.8, 4) is 17.2 Å². The van der Waals surface area contributed by atoms with Gasteiger partial charge < -0.3 is 25.1 Å². The summed E-state index contributed by atoms with van der Waals surface area (Å²) in [5.41, 5.74) is 6.16. The molecule has 0 aliphatic heterocycles. The van der Waals surface area contributed by atoms with Crippen molar-refractivity contribution >= 4 is 5.97 Å². The van der Waals surface area contributed by atoms with Crippen molar-refractivity contribution in [3.63, 3.8) is 0 Å². The summed E-state index contributed by atoms with van der Waals surface area (Å²) < 4.78 is 15.6. The van der Waals surface area contributed by atoms with Crippen molar-refractivity contribution in [1.29, 1.82) is 0 Å². The smallest absolute Gasteiger partial charge is 0.320 e. The molecule has 0 spiro atoms. The molecule has 1 unspecified atom stereocenters. The maximum Gasteiger partial charge on any atom is 0.320 e. The van der Waals surface area contributed by atoms with Gasteiger partial charge in [-0.25, -0.2) is 0 Å². The Morgan fingerprint density at radius 1 is 1.22 bits per heavy atom. The van der Waals surface area contributed by atoms with E-state index in [0.717, 1.165) is 0 Å². The van der Waals surface area contributed by atoms with Crippen LogP contribution in [-0.2, 0) is 11.2 Å². The lowest BCUT2D eigenvalue weighted by Crippen LogP contribution is -2.32. The lowest BCUT2D eigenvalue weighted by Gasteiger charge is -2.16. The zero-order valence-corrected chi connectivity index (χ0v) is 10.6. The van der Waals surface area contributed by atoms with Crippen molar-refractivity contribution in [2.45, 2.75) is 12.5 Å². The molecule has 6 nitrogen and oxygen atoms in total. The van der Waals surface area contributed by atoms with Gasteiger partial charge in [0, 0.05) is 12.0 Å². The van der Waals surface area contributed by atoms with Crippen LogP contribution in [0.15, 0.2) is 12.1 Å². The predicted molar refractivity (Wildman–Crippen MR) is 65.4 cm³/mol. The van der Waals surface area contributed by atoms with E-state index in [-0.39, 0.29) is 6.42 Å². The van der Waals surface area contributed by atoms with Gasteiger partial charge >= 0.3 is 5.97 Å². The van der Waals surface area contributed by atoms with Crippen LogP contribution in [0.1, 0.15) is 5.56 Å². The summed E-state index contributed by atoms with van der Waals surface area (Å²) in [5, 5.41) is 8.81. The van der Waals surface area contributed by atoms with Gasteiger partial charge in [0.2, 0.25) is 5.75 Å². The second-order valence-electron chi connectivity index (χ2n) is 3.64. The molecule has 1 aromatic rings. The monoisotopic (exact) mass is 255 g/mol. The van der Waals surface area contributed by atoms with E-state index in [2.05, 4.69) is 0 Å². The molecule has 0 bridgehead atoms. The lowest BCUT2D eigenvalue weighted by molar-refractivity contribution is -0.138. The second-order valence-corrected chi connectivity index (χ2v) is 3.64. The number of carbonyl (C=O) groups is 1. The number of hydrogen-bond donors (Lipinski definition) is 2. The fourth-order valence-corrected chi connectivity index (χ4v) is 1.65. The molecule has 0 aliphatic carbocycles. The number of benzene rings is 1. The maximum absolute atomic E-state index is 10.8. The zero-order valence-electron chi connectivity index (χ0n) is 10.6. The molecule has 6 heteroatoms.